The van der Waals surface area contributed by atoms with Crippen LogP contribution >= 0.6 is 47.2 Å². The molecule has 1 heterocycles. The van der Waals surface area contributed by atoms with Gasteiger partial charge in [0.05, 0.1) is 15.0 Å². The van der Waals surface area contributed by atoms with Crippen molar-refractivity contribution in [2.24, 2.45) is 0 Å². The van der Waals surface area contributed by atoms with Gasteiger partial charge >= 0.3 is 0 Å². The van der Waals surface area contributed by atoms with Crippen molar-refractivity contribution in [2.45, 2.75) is 6.61 Å². The largest absolute Gasteiger partial charge is 0.488 e. The molecule has 0 N–H and O–H groups in total. The van der Waals surface area contributed by atoms with Crippen LogP contribution < -0.4 is 4.74 Å². The molecule has 0 radical (unpaired) electrons. The van der Waals surface area contributed by atoms with Crippen molar-refractivity contribution in [1.82, 2.24) is 4.90 Å². The van der Waals surface area contributed by atoms with Crippen molar-refractivity contribution >= 4 is 63.5 Å². The summed E-state index contributed by atoms with van der Waals surface area (Å²) in [7, 11) is 0. The topological polar surface area (TPSA) is 29.5 Å². The zero-order valence-corrected chi connectivity index (χ0v) is 17.3. The Balaban J connectivity index is 1.80. The first-order valence-electron chi connectivity index (χ1n) is 8.01. The van der Waals surface area contributed by atoms with Gasteiger partial charge in [0.2, 0.25) is 0 Å². The summed E-state index contributed by atoms with van der Waals surface area (Å²) in [5.41, 5.74) is 1.70. The van der Waals surface area contributed by atoms with Gasteiger partial charge < -0.3 is 4.74 Å². The first kappa shape index (κ1) is 20.0. The summed E-state index contributed by atoms with van der Waals surface area (Å²) >= 11 is 18.5. The Morgan fingerprint density at radius 2 is 1.96 bits per heavy atom. The van der Waals surface area contributed by atoms with E-state index < -0.39 is 0 Å². The van der Waals surface area contributed by atoms with Gasteiger partial charge in [0, 0.05) is 12.1 Å². The summed E-state index contributed by atoms with van der Waals surface area (Å²) in [5, 5.41) is 0.985. The molecule has 7 heteroatoms. The number of hydrogen-bond donors (Lipinski definition) is 0. The minimum absolute atomic E-state index is 0.121. The molecule has 0 aromatic heterocycles. The monoisotopic (exact) mass is 435 g/mol. The van der Waals surface area contributed by atoms with Gasteiger partial charge in [0.15, 0.2) is 0 Å². The quantitative estimate of drug-likeness (QED) is 0.318. The third kappa shape index (κ3) is 4.74. The second-order valence-electron chi connectivity index (χ2n) is 5.66. The average Bonchev–Trinajstić information content (AvgIpc) is 2.91. The predicted molar refractivity (Wildman–Crippen MR) is 117 cm³/mol. The first-order chi connectivity index (χ1) is 13.0. The maximum Gasteiger partial charge on any atom is 0.266 e. The van der Waals surface area contributed by atoms with Crippen molar-refractivity contribution in [2.75, 3.05) is 6.54 Å². The number of hydrogen-bond acceptors (Lipinski definition) is 4. The number of nitrogens with zero attached hydrogens (tertiary/aromatic N) is 1. The van der Waals surface area contributed by atoms with Gasteiger partial charge in [-0.1, -0.05) is 77.5 Å². The fourth-order valence-corrected chi connectivity index (χ4v) is 4.04. The van der Waals surface area contributed by atoms with Crippen LogP contribution in [0, 0.1) is 0 Å². The molecule has 27 heavy (non-hydrogen) atoms. The molecule has 1 aliphatic heterocycles. The molecule has 2 aromatic carbocycles. The molecule has 1 saturated heterocycles. The number of carbonyl (C=O) groups excluding carboxylic acids is 1. The Kier molecular flexibility index (Phi) is 6.60. The van der Waals surface area contributed by atoms with E-state index in [-0.39, 0.29) is 5.91 Å². The van der Waals surface area contributed by atoms with Crippen molar-refractivity contribution < 1.29 is 9.53 Å². The summed E-state index contributed by atoms with van der Waals surface area (Å²) in [4.78, 5) is 14.6. The maximum absolute atomic E-state index is 12.5. The lowest BCUT2D eigenvalue weighted by Gasteiger charge is -2.11. The normalized spacial score (nSPS) is 15.5. The standard InChI is InChI=1S/C20H15Cl2NO2S2/c1-2-9-23-19(24)18(27-20(23)26)11-14-5-3-4-6-17(14)25-12-13-7-8-15(21)16(22)10-13/h2-8,10-11H,1,9,12H2/b18-11-. The number of halogens is 2. The van der Waals surface area contributed by atoms with Crippen LogP contribution in [0.4, 0.5) is 0 Å². The molecule has 0 saturated carbocycles. The van der Waals surface area contributed by atoms with E-state index in [4.69, 9.17) is 40.2 Å². The van der Waals surface area contributed by atoms with Crippen LogP contribution in [0.15, 0.2) is 60.0 Å². The van der Waals surface area contributed by atoms with Crippen LogP contribution in [0.2, 0.25) is 10.0 Å². The van der Waals surface area contributed by atoms with Gasteiger partial charge in [0.25, 0.3) is 5.91 Å². The number of benzene rings is 2. The molecule has 0 spiro atoms. The smallest absolute Gasteiger partial charge is 0.266 e. The van der Waals surface area contributed by atoms with Crippen LogP contribution in [0.1, 0.15) is 11.1 Å². The average molecular weight is 436 g/mol. The molecule has 3 rings (SSSR count). The van der Waals surface area contributed by atoms with Crippen molar-refractivity contribution in [1.29, 1.82) is 0 Å². The molecule has 0 aliphatic carbocycles. The Morgan fingerprint density at radius 1 is 1.19 bits per heavy atom. The zero-order valence-electron chi connectivity index (χ0n) is 14.2. The highest BCUT2D eigenvalue weighted by atomic mass is 35.5. The Hall–Kier alpha value is -1.79. The molecular formula is C20H15Cl2NO2S2. The molecule has 0 bridgehead atoms. The van der Waals surface area contributed by atoms with Crippen molar-refractivity contribution in [3.63, 3.8) is 0 Å². The number of thiocarbonyl (C=S) groups is 1. The highest BCUT2D eigenvalue weighted by Crippen LogP contribution is 2.34. The minimum atomic E-state index is -0.121. The molecule has 138 valence electrons. The predicted octanol–water partition coefficient (Wildman–Crippen LogP) is 5.96. The minimum Gasteiger partial charge on any atom is -0.488 e. The fraction of sp³-hybridized carbons (Fsp3) is 0.100. The van der Waals surface area contributed by atoms with Gasteiger partial charge in [-0.15, -0.1) is 6.58 Å². The van der Waals surface area contributed by atoms with Crippen LogP contribution in [0.5, 0.6) is 5.75 Å². The number of ether oxygens (including phenoxy) is 1. The summed E-state index contributed by atoms with van der Waals surface area (Å²) < 4.78 is 6.46. The lowest BCUT2D eigenvalue weighted by atomic mass is 10.1. The summed E-state index contributed by atoms with van der Waals surface area (Å²) in [6.07, 6.45) is 3.45. The van der Waals surface area contributed by atoms with Gasteiger partial charge in [0.1, 0.15) is 16.7 Å². The zero-order chi connectivity index (χ0) is 19.4. The third-order valence-corrected chi connectivity index (χ3v) is 5.89. The van der Waals surface area contributed by atoms with Gasteiger partial charge in [-0.25, -0.2) is 0 Å². The fourth-order valence-electron chi connectivity index (χ4n) is 2.45. The van der Waals surface area contributed by atoms with E-state index in [0.29, 0.717) is 38.2 Å². The van der Waals surface area contributed by atoms with Crippen molar-refractivity contribution in [3.8, 4) is 5.75 Å². The van der Waals surface area contributed by atoms with Crippen molar-refractivity contribution in [3.05, 3.63) is 81.2 Å². The molecule has 1 fully saturated rings. The Labute approximate surface area is 177 Å². The second kappa shape index (κ2) is 8.93. The number of para-hydroxylation sites is 1. The lowest BCUT2D eigenvalue weighted by Crippen LogP contribution is -2.27. The molecule has 0 unspecified atom stereocenters. The van der Waals surface area contributed by atoms with Gasteiger partial charge in [-0.2, -0.15) is 0 Å². The number of carbonyl (C=O) groups is 1. The highest BCUT2D eigenvalue weighted by Gasteiger charge is 2.31. The third-order valence-electron chi connectivity index (χ3n) is 3.77. The molecule has 1 amide bonds. The van der Waals surface area contributed by atoms with E-state index in [1.807, 2.05) is 30.3 Å². The first-order valence-corrected chi connectivity index (χ1v) is 9.99. The second-order valence-corrected chi connectivity index (χ2v) is 8.15. The summed E-state index contributed by atoms with van der Waals surface area (Å²) in [6.45, 7) is 4.39. The van der Waals surface area contributed by atoms with Gasteiger partial charge in [-0.05, 0) is 29.8 Å². The lowest BCUT2D eigenvalue weighted by molar-refractivity contribution is -0.121. The van der Waals surface area contributed by atoms with Crippen LogP contribution in [0.3, 0.4) is 0 Å². The van der Waals surface area contributed by atoms with E-state index in [9.17, 15) is 4.79 Å². The molecular weight excluding hydrogens is 421 g/mol. The van der Waals surface area contributed by atoms with Gasteiger partial charge in [-0.3, -0.25) is 9.69 Å². The Morgan fingerprint density at radius 3 is 2.70 bits per heavy atom. The SMILES string of the molecule is C=CCN1C(=O)/C(=C/c2ccccc2OCc2ccc(Cl)c(Cl)c2)SC1=S. The number of amides is 1. The van der Waals surface area contributed by atoms with E-state index in [1.54, 1.807) is 24.3 Å². The Bertz CT molecular complexity index is 943. The van der Waals surface area contributed by atoms with E-state index in [0.717, 1.165) is 11.1 Å². The van der Waals surface area contributed by atoms with Crippen LogP contribution in [-0.4, -0.2) is 21.7 Å². The molecule has 2 aromatic rings. The van der Waals surface area contributed by atoms with Crippen LogP contribution in [-0.2, 0) is 11.4 Å². The maximum atomic E-state index is 12.5. The summed E-state index contributed by atoms with van der Waals surface area (Å²) in [6, 6.07) is 12.9. The van der Waals surface area contributed by atoms with E-state index >= 15 is 0 Å². The highest BCUT2D eigenvalue weighted by molar-refractivity contribution is 8.26. The number of thioether (sulfide) groups is 1. The molecule has 0 atom stereocenters. The van der Waals surface area contributed by atoms with E-state index in [1.165, 1.54) is 16.7 Å². The number of rotatable bonds is 6. The summed E-state index contributed by atoms with van der Waals surface area (Å²) in [5.74, 6) is 0.543. The molecule has 3 nitrogen and oxygen atoms in total. The molecule has 1 aliphatic rings. The van der Waals surface area contributed by atoms with Crippen LogP contribution in [0.25, 0.3) is 6.08 Å². The van der Waals surface area contributed by atoms with E-state index in [2.05, 4.69) is 6.58 Å².